The number of benzene rings is 2. The van der Waals surface area contributed by atoms with Crippen LogP contribution >= 0.6 is 11.6 Å². The summed E-state index contributed by atoms with van der Waals surface area (Å²) in [5.74, 6) is -0.606. The Hall–Kier alpha value is -3.29. The van der Waals surface area contributed by atoms with Crippen LogP contribution in [-0.2, 0) is 24.2 Å². The minimum atomic E-state index is -0.735. The van der Waals surface area contributed by atoms with Crippen molar-refractivity contribution in [3.05, 3.63) is 93.2 Å². The van der Waals surface area contributed by atoms with Crippen molar-refractivity contribution in [2.75, 3.05) is 0 Å². The van der Waals surface area contributed by atoms with Gasteiger partial charge in [0, 0.05) is 40.1 Å². The summed E-state index contributed by atoms with van der Waals surface area (Å²) in [6.45, 7) is 1.66. The zero-order valence-corrected chi connectivity index (χ0v) is 18.0. The Morgan fingerprint density at radius 1 is 1.28 bits per heavy atom. The first-order valence-corrected chi connectivity index (χ1v) is 10.6. The first-order chi connectivity index (χ1) is 15.4. The van der Waals surface area contributed by atoms with Crippen LogP contribution < -0.4 is 0 Å². The van der Waals surface area contributed by atoms with Crippen LogP contribution in [0.25, 0.3) is 10.9 Å². The fourth-order valence-corrected chi connectivity index (χ4v) is 4.59. The molecule has 162 valence electrons. The maximum atomic E-state index is 15.0. The zero-order valence-electron chi connectivity index (χ0n) is 17.3. The highest BCUT2D eigenvalue weighted by atomic mass is 35.5. The summed E-state index contributed by atoms with van der Waals surface area (Å²) in [5, 5.41) is 22.2. The lowest BCUT2D eigenvalue weighted by Crippen LogP contribution is -2.28. The van der Waals surface area contributed by atoms with Gasteiger partial charge in [-0.2, -0.15) is 10.2 Å². The SMILES string of the molecule is CC1=C(C(=O)Cc2ccc3[nH]ncc3c2)C(c2ccc(Cl)cc2F)n2nc(CO)cc2C1. The van der Waals surface area contributed by atoms with Crippen LogP contribution in [0.15, 0.2) is 59.8 Å². The molecule has 1 aliphatic rings. The lowest BCUT2D eigenvalue weighted by Gasteiger charge is -2.29. The van der Waals surface area contributed by atoms with Crippen molar-refractivity contribution < 1.29 is 14.3 Å². The first-order valence-electron chi connectivity index (χ1n) is 10.2. The van der Waals surface area contributed by atoms with Gasteiger partial charge in [-0.3, -0.25) is 14.6 Å². The number of nitrogens with one attached hydrogen (secondary N) is 1. The monoisotopic (exact) mass is 450 g/mol. The second kappa shape index (κ2) is 8.00. The molecule has 1 aliphatic heterocycles. The van der Waals surface area contributed by atoms with Gasteiger partial charge in [-0.25, -0.2) is 4.39 Å². The number of allylic oxidation sites excluding steroid dienone is 2. The van der Waals surface area contributed by atoms with Gasteiger partial charge in [-0.1, -0.05) is 29.3 Å². The summed E-state index contributed by atoms with van der Waals surface area (Å²) >= 11 is 5.97. The molecule has 5 rings (SSSR count). The smallest absolute Gasteiger partial charge is 0.165 e. The van der Waals surface area contributed by atoms with Crippen LogP contribution in [0.2, 0.25) is 5.02 Å². The molecule has 0 bridgehead atoms. The van der Waals surface area contributed by atoms with E-state index in [1.54, 1.807) is 29.1 Å². The van der Waals surface area contributed by atoms with Gasteiger partial charge in [0.25, 0.3) is 0 Å². The predicted octanol–water partition coefficient (Wildman–Crippen LogP) is 4.32. The van der Waals surface area contributed by atoms with Crippen LogP contribution in [0.3, 0.4) is 0 Å². The van der Waals surface area contributed by atoms with E-state index in [2.05, 4.69) is 15.3 Å². The molecule has 0 amide bonds. The molecule has 6 nitrogen and oxygen atoms in total. The van der Waals surface area contributed by atoms with E-state index in [0.717, 1.165) is 27.7 Å². The highest BCUT2D eigenvalue weighted by molar-refractivity contribution is 6.30. The van der Waals surface area contributed by atoms with E-state index < -0.39 is 11.9 Å². The number of aromatic nitrogens is 4. The summed E-state index contributed by atoms with van der Waals surface area (Å²) in [6.07, 6.45) is 2.39. The Morgan fingerprint density at radius 2 is 2.12 bits per heavy atom. The molecule has 32 heavy (non-hydrogen) atoms. The average molecular weight is 451 g/mol. The van der Waals surface area contributed by atoms with Crippen molar-refractivity contribution in [1.29, 1.82) is 0 Å². The van der Waals surface area contributed by atoms with E-state index >= 15 is 4.39 Å². The van der Waals surface area contributed by atoms with Gasteiger partial charge in [0.2, 0.25) is 0 Å². The van der Waals surface area contributed by atoms with E-state index in [0.29, 0.717) is 23.3 Å². The number of carbonyl (C=O) groups is 1. The van der Waals surface area contributed by atoms with E-state index in [-0.39, 0.29) is 23.8 Å². The number of carbonyl (C=O) groups excluding carboxylic acids is 1. The van der Waals surface area contributed by atoms with E-state index in [1.165, 1.54) is 6.07 Å². The van der Waals surface area contributed by atoms with Gasteiger partial charge in [-0.05, 0) is 42.8 Å². The lowest BCUT2D eigenvalue weighted by molar-refractivity contribution is -0.115. The fraction of sp³-hybridized carbons (Fsp3) is 0.208. The van der Waals surface area contributed by atoms with Crippen molar-refractivity contribution in [2.24, 2.45) is 0 Å². The molecule has 0 fully saturated rings. The van der Waals surface area contributed by atoms with Crippen molar-refractivity contribution in [2.45, 2.75) is 32.4 Å². The second-order valence-corrected chi connectivity index (χ2v) is 8.50. The van der Waals surface area contributed by atoms with Gasteiger partial charge >= 0.3 is 0 Å². The number of Topliss-reactive ketones (excluding diaryl/α,β-unsaturated/α-hetero) is 1. The van der Waals surface area contributed by atoms with Gasteiger partial charge in [0.15, 0.2) is 5.78 Å². The minimum Gasteiger partial charge on any atom is -0.390 e. The lowest BCUT2D eigenvalue weighted by atomic mass is 9.85. The summed E-state index contributed by atoms with van der Waals surface area (Å²) in [4.78, 5) is 13.6. The minimum absolute atomic E-state index is 0.101. The van der Waals surface area contributed by atoms with E-state index in [9.17, 15) is 9.90 Å². The Morgan fingerprint density at radius 3 is 2.91 bits per heavy atom. The highest BCUT2D eigenvalue weighted by Crippen LogP contribution is 2.38. The van der Waals surface area contributed by atoms with Crippen LogP contribution in [0.4, 0.5) is 4.39 Å². The molecule has 0 saturated carbocycles. The maximum absolute atomic E-state index is 15.0. The normalized spacial score (nSPS) is 15.9. The number of fused-ring (bicyclic) bond motifs is 2. The van der Waals surface area contributed by atoms with Gasteiger partial charge in [0.05, 0.1) is 24.0 Å². The first kappa shape index (κ1) is 20.6. The average Bonchev–Trinajstić information content (AvgIpc) is 3.39. The number of aliphatic hydroxyl groups is 1. The Labute approximate surface area is 188 Å². The number of hydrogen-bond donors (Lipinski definition) is 2. The molecule has 3 heterocycles. The van der Waals surface area contributed by atoms with Crippen LogP contribution in [0, 0.1) is 5.82 Å². The molecule has 2 N–H and O–H groups in total. The van der Waals surface area contributed by atoms with Crippen molar-refractivity contribution in [3.63, 3.8) is 0 Å². The quantitative estimate of drug-likeness (QED) is 0.474. The number of nitrogens with zero attached hydrogens (tertiary/aromatic N) is 3. The topological polar surface area (TPSA) is 83.8 Å². The molecule has 0 radical (unpaired) electrons. The maximum Gasteiger partial charge on any atom is 0.165 e. The number of rotatable bonds is 5. The van der Waals surface area contributed by atoms with Crippen LogP contribution in [0.1, 0.15) is 35.5 Å². The molecule has 2 aromatic heterocycles. The summed E-state index contributed by atoms with van der Waals surface area (Å²) in [7, 11) is 0. The number of ketones is 1. The Bertz CT molecular complexity index is 1390. The van der Waals surface area contributed by atoms with E-state index in [1.807, 2.05) is 25.1 Å². The van der Waals surface area contributed by atoms with Crippen molar-refractivity contribution in [3.8, 4) is 0 Å². The number of aromatic amines is 1. The molecule has 1 atom stereocenters. The highest BCUT2D eigenvalue weighted by Gasteiger charge is 2.34. The molecular formula is C24H20ClFN4O2. The molecule has 0 aliphatic carbocycles. The standard InChI is InChI=1S/C24H20ClFN4O2/c1-13-6-18-10-17(12-31)29-30(18)24(19-4-3-16(25)9-20(19)26)23(13)22(32)8-14-2-5-21-15(7-14)11-27-28-21/h2-5,7,9-11,24,31H,6,8,12H2,1H3,(H,27,28). The van der Waals surface area contributed by atoms with Gasteiger partial charge in [0.1, 0.15) is 11.9 Å². The molecule has 8 heteroatoms. The number of aliphatic hydroxyl groups excluding tert-OH is 1. The molecule has 2 aromatic carbocycles. The summed E-state index contributed by atoms with van der Waals surface area (Å²) in [5.41, 5.74) is 4.73. The molecule has 1 unspecified atom stereocenters. The van der Waals surface area contributed by atoms with Crippen LogP contribution in [-0.4, -0.2) is 30.9 Å². The number of H-pyrrole nitrogens is 1. The van der Waals surface area contributed by atoms with E-state index in [4.69, 9.17) is 11.6 Å². The summed E-state index contributed by atoms with van der Waals surface area (Å²) in [6, 6.07) is 11.2. The third-order valence-electron chi connectivity index (χ3n) is 5.88. The van der Waals surface area contributed by atoms with Crippen molar-refractivity contribution in [1.82, 2.24) is 20.0 Å². The Balaban J connectivity index is 1.59. The van der Waals surface area contributed by atoms with Gasteiger partial charge < -0.3 is 5.11 Å². The Kier molecular flexibility index (Phi) is 5.15. The second-order valence-electron chi connectivity index (χ2n) is 8.06. The fourth-order valence-electron chi connectivity index (χ4n) is 4.43. The zero-order chi connectivity index (χ0) is 22.4. The molecule has 0 spiro atoms. The molecule has 4 aromatic rings. The summed E-state index contributed by atoms with van der Waals surface area (Å²) < 4.78 is 16.7. The van der Waals surface area contributed by atoms with Crippen LogP contribution in [0.5, 0.6) is 0 Å². The number of hydrogen-bond acceptors (Lipinski definition) is 4. The predicted molar refractivity (Wildman–Crippen MR) is 119 cm³/mol. The van der Waals surface area contributed by atoms with Crippen molar-refractivity contribution >= 4 is 28.3 Å². The third-order valence-corrected chi connectivity index (χ3v) is 6.11. The molecular weight excluding hydrogens is 431 g/mol. The third kappa shape index (κ3) is 3.53. The van der Waals surface area contributed by atoms with Gasteiger partial charge in [-0.15, -0.1) is 0 Å². The number of halogens is 2. The largest absolute Gasteiger partial charge is 0.390 e. The molecule has 0 saturated heterocycles.